The number of hydrogen-bond acceptors (Lipinski definition) is 6. The van der Waals surface area contributed by atoms with Crippen molar-refractivity contribution in [2.45, 2.75) is 52.0 Å². The second kappa shape index (κ2) is 13.4. The Morgan fingerprint density at radius 3 is 2.67 bits per heavy atom. The third-order valence-corrected chi connectivity index (χ3v) is 7.02. The van der Waals surface area contributed by atoms with Gasteiger partial charge in [-0.3, -0.25) is 0 Å². The molecule has 7 heteroatoms. The van der Waals surface area contributed by atoms with Gasteiger partial charge in [0.2, 0.25) is 0 Å². The quantitative estimate of drug-likeness (QED) is 0.187. The third-order valence-electron chi connectivity index (χ3n) is 6.44. The molecule has 36 heavy (non-hydrogen) atoms. The van der Waals surface area contributed by atoms with Gasteiger partial charge in [0, 0.05) is 36.7 Å². The van der Waals surface area contributed by atoms with E-state index in [1.165, 1.54) is 6.42 Å². The van der Waals surface area contributed by atoms with Crippen molar-refractivity contribution in [1.29, 1.82) is 5.26 Å². The number of ether oxygens (including phenoxy) is 1. The van der Waals surface area contributed by atoms with E-state index < -0.39 is 0 Å². The van der Waals surface area contributed by atoms with E-state index in [0.717, 1.165) is 70.5 Å². The number of likely N-dealkylation sites (N-methyl/N-ethyl adjacent to an activating group) is 1. The number of aromatic nitrogens is 1. The minimum atomic E-state index is 0.430. The summed E-state index contributed by atoms with van der Waals surface area (Å²) in [6.07, 6.45) is 16.3. The molecule has 2 aromatic rings. The maximum absolute atomic E-state index is 10.1. The Kier molecular flexibility index (Phi) is 10.3. The van der Waals surface area contributed by atoms with Crippen molar-refractivity contribution in [3.63, 3.8) is 0 Å². The maximum atomic E-state index is 10.1. The predicted molar refractivity (Wildman–Crippen MR) is 151 cm³/mol. The number of carbonyl (C=O) groups excluding carboxylic acids is 1. The number of hydrazine groups is 1. The van der Waals surface area contributed by atoms with E-state index in [4.69, 9.17) is 10.6 Å². The second-order valence-corrected chi connectivity index (χ2v) is 10.6. The Morgan fingerprint density at radius 2 is 2.11 bits per heavy atom. The molecule has 0 atom stereocenters. The summed E-state index contributed by atoms with van der Waals surface area (Å²) in [5.74, 6) is 8.28. The second-order valence-electron chi connectivity index (χ2n) is 9.61. The fourth-order valence-corrected chi connectivity index (χ4v) is 4.55. The SMILES string of the molecule is CC(C)CC=O.CSCCOc1ccc2c(C#N)c(C3=CC=C(N(C)N)C=CC3)n(C3CCC3)c2c1. The molecule has 2 N–H and O–H groups in total. The Morgan fingerprint density at radius 1 is 1.33 bits per heavy atom. The topological polar surface area (TPSA) is 84.3 Å². The summed E-state index contributed by atoms with van der Waals surface area (Å²) in [5, 5.41) is 12.7. The first-order chi connectivity index (χ1) is 17.4. The van der Waals surface area contributed by atoms with E-state index in [9.17, 15) is 10.1 Å². The van der Waals surface area contributed by atoms with E-state index in [-0.39, 0.29) is 0 Å². The lowest BCUT2D eigenvalue weighted by Crippen LogP contribution is -2.23. The van der Waals surface area contributed by atoms with Gasteiger partial charge in [0.25, 0.3) is 0 Å². The molecule has 0 saturated heterocycles. The normalized spacial score (nSPS) is 15.2. The van der Waals surface area contributed by atoms with Crippen LogP contribution in [0.3, 0.4) is 0 Å². The van der Waals surface area contributed by atoms with Gasteiger partial charge in [0.1, 0.15) is 18.1 Å². The van der Waals surface area contributed by atoms with Crippen LogP contribution in [0.25, 0.3) is 16.5 Å². The van der Waals surface area contributed by atoms with Crippen LogP contribution in [0.15, 0.2) is 48.2 Å². The van der Waals surface area contributed by atoms with Crippen molar-refractivity contribution >= 4 is 34.5 Å². The first kappa shape index (κ1) is 27.6. The van der Waals surface area contributed by atoms with Crippen LogP contribution in [0.2, 0.25) is 0 Å². The van der Waals surface area contributed by atoms with Crippen LogP contribution in [0, 0.1) is 17.2 Å². The smallest absolute Gasteiger partial charge is 0.121 e. The fourth-order valence-electron chi connectivity index (χ4n) is 4.30. The number of thioether (sulfide) groups is 1. The number of hydrogen-bond donors (Lipinski definition) is 1. The lowest BCUT2D eigenvalue weighted by atomic mass is 9.92. The highest BCUT2D eigenvalue weighted by molar-refractivity contribution is 7.98. The summed E-state index contributed by atoms with van der Waals surface area (Å²) in [6, 6.07) is 9.07. The molecule has 0 bridgehead atoms. The van der Waals surface area contributed by atoms with E-state index in [2.05, 4.69) is 35.1 Å². The Labute approximate surface area is 219 Å². The predicted octanol–water partition coefficient (Wildman–Crippen LogP) is 6.24. The summed E-state index contributed by atoms with van der Waals surface area (Å²) in [6.45, 7) is 4.73. The first-order valence-corrected chi connectivity index (χ1v) is 14.0. The maximum Gasteiger partial charge on any atom is 0.121 e. The number of aldehydes is 1. The van der Waals surface area contributed by atoms with Crippen LogP contribution in [0.4, 0.5) is 0 Å². The van der Waals surface area contributed by atoms with E-state index in [1.54, 1.807) is 16.8 Å². The van der Waals surface area contributed by atoms with Crippen LogP contribution < -0.4 is 10.6 Å². The molecule has 1 heterocycles. The van der Waals surface area contributed by atoms with E-state index in [1.807, 2.05) is 45.2 Å². The number of carbonyl (C=O) groups is 1. The average molecular weight is 507 g/mol. The van der Waals surface area contributed by atoms with Crippen molar-refractivity contribution in [3.05, 3.63) is 59.5 Å². The molecule has 0 amide bonds. The molecule has 192 valence electrons. The Bertz CT molecular complexity index is 1180. The van der Waals surface area contributed by atoms with E-state index >= 15 is 0 Å². The van der Waals surface area contributed by atoms with Gasteiger partial charge >= 0.3 is 0 Å². The van der Waals surface area contributed by atoms with Gasteiger partial charge in [0.05, 0.1) is 29.1 Å². The van der Waals surface area contributed by atoms with Crippen LogP contribution in [-0.2, 0) is 4.79 Å². The lowest BCUT2D eigenvalue weighted by Gasteiger charge is -2.30. The van der Waals surface area contributed by atoms with Gasteiger partial charge in [-0.25, -0.2) is 5.84 Å². The van der Waals surface area contributed by atoms with Crippen LogP contribution >= 0.6 is 11.8 Å². The molecule has 0 radical (unpaired) electrons. The molecule has 0 aliphatic heterocycles. The minimum absolute atomic E-state index is 0.430. The standard InChI is InChI=1S/C24H28N4OS.C5H10O/c1-27(26)18-6-3-5-17(9-10-18)24-22(16-25)21-12-11-20(29-13-14-30-2)15-23(21)28(24)19-7-4-8-19;1-5(2)3-4-6/h3,6,9-12,15,19H,4-5,7-8,13-14,26H2,1-2H3;4-5H,3H2,1-2H3. The number of fused-ring (bicyclic) bond motifs is 1. The largest absolute Gasteiger partial charge is 0.493 e. The van der Waals surface area contributed by atoms with Gasteiger partial charge in [-0.1, -0.05) is 26.0 Å². The number of allylic oxidation sites excluding steroid dienone is 5. The van der Waals surface area contributed by atoms with Gasteiger partial charge < -0.3 is 19.1 Å². The summed E-state index contributed by atoms with van der Waals surface area (Å²) in [5.41, 5.74) is 4.99. The summed E-state index contributed by atoms with van der Waals surface area (Å²) in [4.78, 5) is 9.62. The molecule has 6 nitrogen and oxygen atoms in total. The molecule has 2 aliphatic rings. The molecular weight excluding hydrogens is 468 g/mol. The highest BCUT2D eigenvalue weighted by Gasteiger charge is 2.28. The van der Waals surface area contributed by atoms with Crippen LogP contribution in [0.5, 0.6) is 5.75 Å². The average Bonchev–Trinajstić information content (AvgIpc) is 2.95. The molecule has 1 aromatic heterocycles. The van der Waals surface area contributed by atoms with Crippen molar-refractivity contribution in [3.8, 4) is 11.8 Å². The molecule has 4 rings (SSSR count). The molecule has 1 saturated carbocycles. The molecule has 2 aliphatic carbocycles. The van der Waals surface area contributed by atoms with Gasteiger partial charge in [-0.15, -0.1) is 0 Å². The molecule has 1 fully saturated rings. The number of rotatable bonds is 9. The molecule has 1 aromatic carbocycles. The number of nitrogens with two attached hydrogens (primary N) is 1. The fraction of sp³-hybridized carbons (Fsp3) is 0.448. The third kappa shape index (κ3) is 6.63. The van der Waals surface area contributed by atoms with Crippen molar-refractivity contribution in [2.24, 2.45) is 11.8 Å². The lowest BCUT2D eigenvalue weighted by molar-refractivity contribution is -0.108. The zero-order valence-electron chi connectivity index (χ0n) is 21.9. The first-order valence-electron chi connectivity index (χ1n) is 12.6. The molecule has 0 spiro atoms. The Balaban J connectivity index is 0.000000538. The number of nitriles is 1. The zero-order valence-corrected chi connectivity index (χ0v) is 22.7. The van der Waals surface area contributed by atoms with Crippen LogP contribution in [-0.4, -0.2) is 41.5 Å². The van der Waals surface area contributed by atoms with Crippen molar-refractivity contribution in [2.75, 3.05) is 25.7 Å². The summed E-state index contributed by atoms with van der Waals surface area (Å²) in [7, 11) is 1.83. The monoisotopic (exact) mass is 506 g/mol. The summed E-state index contributed by atoms with van der Waals surface area (Å²) < 4.78 is 8.35. The summed E-state index contributed by atoms with van der Waals surface area (Å²) >= 11 is 1.77. The van der Waals surface area contributed by atoms with Crippen LogP contribution in [0.1, 0.15) is 63.3 Å². The Hall–Kier alpha value is -2.95. The van der Waals surface area contributed by atoms with E-state index in [0.29, 0.717) is 25.0 Å². The molecule has 0 unspecified atom stereocenters. The highest BCUT2D eigenvalue weighted by atomic mass is 32.2. The van der Waals surface area contributed by atoms with Gasteiger partial charge in [-0.05, 0) is 67.7 Å². The minimum Gasteiger partial charge on any atom is -0.493 e. The zero-order chi connectivity index (χ0) is 26.1. The highest BCUT2D eigenvalue weighted by Crippen LogP contribution is 2.42. The van der Waals surface area contributed by atoms with Crippen molar-refractivity contribution in [1.82, 2.24) is 9.58 Å². The van der Waals surface area contributed by atoms with Gasteiger partial charge in [-0.2, -0.15) is 17.0 Å². The number of benzene rings is 1. The van der Waals surface area contributed by atoms with Crippen molar-refractivity contribution < 1.29 is 9.53 Å². The molecular formula is C29H38N4O2S. The number of nitrogens with zero attached hydrogens (tertiary/aromatic N) is 3. The van der Waals surface area contributed by atoms with Gasteiger partial charge in [0.15, 0.2) is 0 Å².